The van der Waals surface area contributed by atoms with Gasteiger partial charge < -0.3 is 0 Å². The van der Waals surface area contributed by atoms with E-state index in [2.05, 4.69) is 0 Å². The Morgan fingerprint density at radius 3 is 1.44 bits per heavy atom. The van der Waals surface area contributed by atoms with Gasteiger partial charge in [-0.25, -0.2) is 0 Å². The Kier molecular flexibility index (Phi) is 5.97. The molecule has 0 heterocycles. The van der Waals surface area contributed by atoms with E-state index in [1.807, 2.05) is 3.21 Å². The fourth-order valence-electron chi connectivity index (χ4n) is 3.56. The number of hydrogen-bond donors (Lipinski definition) is 0. The molecule has 0 nitrogen and oxygen atoms in total. The molecule has 2 aliphatic rings. The molecule has 0 atom stereocenters. The van der Waals surface area contributed by atoms with E-state index >= 15 is 0 Å². The summed E-state index contributed by atoms with van der Waals surface area (Å²) < 4.78 is 1.91. The first kappa shape index (κ1) is 13.2. The van der Waals surface area contributed by atoms with Crippen molar-refractivity contribution in [3.05, 3.63) is 0 Å². The van der Waals surface area contributed by atoms with Crippen molar-refractivity contribution in [3.63, 3.8) is 0 Å². The Bertz CT molecular complexity index is 187. The summed E-state index contributed by atoms with van der Waals surface area (Å²) in [7, 11) is 0. The van der Waals surface area contributed by atoms with Crippen molar-refractivity contribution in [1.82, 2.24) is 0 Å². The van der Waals surface area contributed by atoms with Gasteiger partial charge in [0.25, 0.3) is 0 Å². The van der Waals surface area contributed by atoms with E-state index < -0.39 is 0 Å². The molecule has 2 saturated carbocycles. The maximum absolute atomic E-state index is 1.91. The summed E-state index contributed by atoms with van der Waals surface area (Å²) >= 11 is 1.75. The van der Waals surface area contributed by atoms with E-state index in [1.165, 1.54) is 77.0 Å². The van der Waals surface area contributed by atoms with Gasteiger partial charge in [-0.15, -0.1) is 0 Å². The molecule has 0 bridgehead atoms. The average molecular weight is 298 g/mol. The van der Waals surface area contributed by atoms with E-state index in [0.717, 1.165) is 11.8 Å². The zero-order chi connectivity index (χ0) is 11.2. The molecule has 88 valence electrons. The van der Waals surface area contributed by atoms with Crippen molar-refractivity contribution in [2.75, 3.05) is 0 Å². The van der Waals surface area contributed by atoms with Gasteiger partial charge >= 0.3 is 116 Å². The molecule has 2 rings (SSSR count). The SMILES string of the molecule is [Zr+2]=[C](CC1CCCCC1)CC1CCCCC1. The Morgan fingerprint density at radius 1 is 0.688 bits per heavy atom. The minimum absolute atomic E-state index is 1.08. The fraction of sp³-hybridized carbons (Fsp3) is 0.933. The van der Waals surface area contributed by atoms with Crippen LogP contribution in [0, 0.1) is 11.8 Å². The van der Waals surface area contributed by atoms with E-state index in [4.69, 9.17) is 0 Å². The Balaban J connectivity index is 1.66. The first-order valence-electron chi connectivity index (χ1n) is 7.41. The first-order chi connectivity index (χ1) is 7.84. The van der Waals surface area contributed by atoms with Crippen molar-refractivity contribution in [2.24, 2.45) is 11.8 Å². The molecule has 0 unspecified atom stereocenters. The van der Waals surface area contributed by atoms with Gasteiger partial charge in [-0.2, -0.15) is 0 Å². The summed E-state index contributed by atoms with van der Waals surface area (Å²) in [5.41, 5.74) is 0. The second-order valence-electron chi connectivity index (χ2n) is 6.02. The third-order valence-corrected chi connectivity index (χ3v) is 5.52. The van der Waals surface area contributed by atoms with Crippen molar-refractivity contribution in [2.45, 2.75) is 77.0 Å². The summed E-state index contributed by atoms with van der Waals surface area (Å²) in [6, 6.07) is 0. The Labute approximate surface area is 116 Å². The van der Waals surface area contributed by atoms with Crippen LogP contribution in [-0.2, 0) is 24.2 Å². The molecule has 0 radical (unpaired) electrons. The first-order valence-corrected chi connectivity index (χ1v) is 8.64. The fourth-order valence-corrected chi connectivity index (χ4v) is 4.98. The van der Waals surface area contributed by atoms with Crippen molar-refractivity contribution in [1.29, 1.82) is 0 Å². The third kappa shape index (κ3) is 4.55. The molecular weight excluding hydrogens is 271 g/mol. The Hall–Kier alpha value is 0.753. The van der Waals surface area contributed by atoms with Gasteiger partial charge in [0, 0.05) is 0 Å². The molecule has 0 aromatic heterocycles. The van der Waals surface area contributed by atoms with Gasteiger partial charge in [-0.1, -0.05) is 0 Å². The van der Waals surface area contributed by atoms with Crippen LogP contribution in [-0.4, -0.2) is 3.21 Å². The average Bonchev–Trinajstić information content (AvgIpc) is 2.31. The molecule has 0 aromatic rings. The van der Waals surface area contributed by atoms with Crippen LogP contribution in [0.4, 0.5) is 0 Å². The van der Waals surface area contributed by atoms with Gasteiger partial charge in [0.2, 0.25) is 0 Å². The second kappa shape index (κ2) is 7.25. The summed E-state index contributed by atoms with van der Waals surface area (Å²) in [5.74, 6) is 2.15. The molecule has 0 aliphatic heterocycles. The van der Waals surface area contributed by atoms with Crippen LogP contribution in [0.1, 0.15) is 77.0 Å². The van der Waals surface area contributed by atoms with Crippen LogP contribution in [0.15, 0.2) is 0 Å². The van der Waals surface area contributed by atoms with Crippen LogP contribution < -0.4 is 0 Å². The van der Waals surface area contributed by atoms with Crippen molar-refractivity contribution < 1.29 is 24.2 Å². The van der Waals surface area contributed by atoms with Gasteiger partial charge in [-0.3, -0.25) is 0 Å². The van der Waals surface area contributed by atoms with Gasteiger partial charge in [0.15, 0.2) is 0 Å². The van der Waals surface area contributed by atoms with Crippen LogP contribution in [0.25, 0.3) is 0 Å². The predicted molar refractivity (Wildman–Crippen MR) is 67.4 cm³/mol. The van der Waals surface area contributed by atoms with E-state index in [-0.39, 0.29) is 0 Å². The maximum atomic E-state index is 1.91. The minimum atomic E-state index is 1.08. The molecule has 1 heteroatoms. The molecule has 0 saturated heterocycles. The normalized spacial score (nSPS) is 24.6. The quantitative estimate of drug-likeness (QED) is 0.709. The zero-order valence-corrected chi connectivity index (χ0v) is 13.1. The summed E-state index contributed by atoms with van der Waals surface area (Å²) in [6.07, 6.45) is 18.2. The standard InChI is InChI=1S/C15H26.Zr/c1-3-8-14(9-4-1)12-7-13-15-10-5-2-6-11-15;/h14-15H,1-6,8-13H2;/q;+2. The van der Waals surface area contributed by atoms with Crippen molar-refractivity contribution in [3.8, 4) is 0 Å². The summed E-state index contributed by atoms with van der Waals surface area (Å²) in [4.78, 5) is 0. The monoisotopic (exact) mass is 296 g/mol. The zero-order valence-electron chi connectivity index (χ0n) is 10.6. The molecule has 0 amide bonds. The predicted octanol–water partition coefficient (Wildman–Crippen LogP) is 4.65. The molecule has 2 fully saturated rings. The van der Waals surface area contributed by atoms with Gasteiger partial charge in [0.05, 0.1) is 0 Å². The molecular formula is C15H26Zr+2. The van der Waals surface area contributed by atoms with Crippen LogP contribution in [0.3, 0.4) is 0 Å². The van der Waals surface area contributed by atoms with Crippen molar-refractivity contribution >= 4 is 3.21 Å². The third-order valence-electron chi connectivity index (χ3n) is 4.52. The van der Waals surface area contributed by atoms with E-state index in [0.29, 0.717) is 0 Å². The van der Waals surface area contributed by atoms with E-state index in [9.17, 15) is 0 Å². The molecule has 2 aliphatic carbocycles. The Morgan fingerprint density at radius 2 is 1.06 bits per heavy atom. The molecule has 0 N–H and O–H groups in total. The van der Waals surface area contributed by atoms with Crippen LogP contribution in [0.5, 0.6) is 0 Å². The van der Waals surface area contributed by atoms with Crippen LogP contribution >= 0.6 is 0 Å². The molecule has 16 heavy (non-hydrogen) atoms. The number of hydrogen-bond acceptors (Lipinski definition) is 0. The number of rotatable bonds is 4. The molecule has 0 aromatic carbocycles. The summed E-state index contributed by atoms with van der Waals surface area (Å²) in [5, 5.41) is 0. The van der Waals surface area contributed by atoms with E-state index in [1.54, 1.807) is 24.2 Å². The summed E-state index contributed by atoms with van der Waals surface area (Å²) in [6.45, 7) is 0. The topological polar surface area (TPSA) is 0 Å². The van der Waals surface area contributed by atoms with Gasteiger partial charge in [-0.05, 0) is 0 Å². The van der Waals surface area contributed by atoms with Gasteiger partial charge in [0.1, 0.15) is 0 Å². The second-order valence-corrected chi connectivity index (χ2v) is 7.76. The molecule has 0 spiro atoms. The van der Waals surface area contributed by atoms with Crippen LogP contribution in [0.2, 0.25) is 0 Å².